The highest BCUT2D eigenvalue weighted by atomic mass is 15.1. The van der Waals surface area contributed by atoms with Crippen LogP contribution in [0, 0.1) is 0 Å². The van der Waals surface area contributed by atoms with Gasteiger partial charge in [-0.15, -0.1) is 0 Å². The Morgan fingerprint density at radius 3 is 1.53 bits per heavy atom. The Hall–Kier alpha value is -6.96. The summed E-state index contributed by atoms with van der Waals surface area (Å²) >= 11 is 0. The van der Waals surface area contributed by atoms with Gasteiger partial charge in [0.15, 0.2) is 0 Å². The minimum absolute atomic E-state index is 0.0473. The fourth-order valence-corrected chi connectivity index (χ4v) is 10.2. The lowest BCUT2D eigenvalue weighted by Gasteiger charge is -2.30. The van der Waals surface area contributed by atoms with Crippen molar-refractivity contribution in [1.82, 2.24) is 0 Å². The summed E-state index contributed by atoms with van der Waals surface area (Å²) in [5.41, 5.74) is 21.4. The number of fused-ring (bicyclic) bond motifs is 7. The second kappa shape index (κ2) is 13.3. The molecule has 9 aromatic rings. The highest BCUT2D eigenvalue weighted by molar-refractivity contribution is 5.98. The highest BCUT2D eigenvalue weighted by Crippen LogP contribution is 2.52. The molecule has 282 valence electrons. The van der Waals surface area contributed by atoms with E-state index in [2.05, 4.69) is 233 Å². The molecule has 1 heteroatoms. The lowest BCUT2D eigenvalue weighted by atomic mass is 9.81. The number of hydrogen-bond acceptors (Lipinski definition) is 1. The summed E-state index contributed by atoms with van der Waals surface area (Å²) in [4.78, 5) is 2.46. The second-order valence-electron chi connectivity index (χ2n) is 17.3. The SMILES string of the molecule is CC1(C)c2ccccc2-c2ccc(-c3ccc(N(c4ccc5c(c4)C(C)(C)c4ccccc4-5)c4ccccc4-c4cccc(-c5cccc6ccccc56)c4)cc3)cc21. The van der Waals surface area contributed by atoms with Gasteiger partial charge in [-0.05, 0) is 126 Å². The first-order chi connectivity index (χ1) is 28.8. The fourth-order valence-electron chi connectivity index (χ4n) is 10.2. The van der Waals surface area contributed by atoms with Crippen LogP contribution in [0.2, 0.25) is 0 Å². The predicted octanol–water partition coefficient (Wildman–Crippen LogP) is 15.9. The standard InChI is InChI=1S/C58H45N/c1-57(2)52-24-10-7-21-48(52)50-33-29-40(36-54(50)57)38-27-30-43(31-28-38)59(44-32-34-51-49-22-8-11-25-53(49)58(3,4)55(51)37-44)56-26-12-9-20-47(56)42-18-13-17-41(35-42)46-23-14-16-39-15-5-6-19-45(39)46/h5-37H,1-4H3. The molecule has 2 aliphatic rings. The molecule has 11 rings (SSSR count). The first-order valence-electron chi connectivity index (χ1n) is 20.8. The minimum atomic E-state index is -0.120. The van der Waals surface area contributed by atoms with Crippen LogP contribution >= 0.6 is 0 Å². The largest absolute Gasteiger partial charge is 0.310 e. The third kappa shape index (κ3) is 5.53. The fraction of sp³-hybridized carbons (Fsp3) is 0.103. The van der Waals surface area contributed by atoms with Crippen molar-refractivity contribution in [2.45, 2.75) is 38.5 Å². The summed E-state index contributed by atoms with van der Waals surface area (Å²) in [6.07, 6.45) is 0. The van der Waals surface area contributed by atoms with Gasteiger partial charge >= 0.3 is 0 Å². The van der Waals surface area contributed by atoms with E-state index in [4.69, 9.17) is 0 Å². The summed E-state index contributed by atoms with van der Waals surface area (Å²) in [7, 11) is 0. The Labute approximate surface area is 347 Å². The summed E-state index contributed by atoms with van der Waals surface area (Å²) in [5.74, 6) is 0. The van der Waals surface area contributed by atoms with E-state index >= 15 is 0 Å². The lowest BCUT2D eigenvalue weighted by molar-refractivity contribution is 0.660. The van der Waals surface area contributed by atoms with Crippen LogP contribution in [0.1, 0.15) is 49.9 Å². The maximum atomic E-state index is 2.46. The molecule has 59 heavy (non-hydrogen) atoms. The van der Waals surface area contributed by atoms with Crippen molar-refractivity contribution < 1.29 is 0 Å². The Morgan fingerprint density at radius 1 is 0.305 bits per heavy atom. The van der Waals surface area contributed by atoms with Crippen LogP contribution in [0.3, 0.4) is 0 Å². The van der Waals surface area contributed by atoms with E-state index in [-0.39, 0.29) is 10.8 Å². The number of para-hydroxylation sites is 1. The van der Waals surface area contributed by atoms with Gasteiger partial charge in [-0.3, -0.25) is 0 Å². The maximum Gasteiger partial charge on any atom is 0.0540 e. The van der Waals surface area contributed by atoms with Gasteiger partial charge in [0, 0.05) is 27.8 Å². The van der Waals surface area contributed by atoms with Crippen LogP contribution in [-0.2, 0) is 10.8 Å². The molecule has 0 N–H and O–H groups in total. The Bertz CT molecular complexity index is 3100. The first kappa shape index (κ1) is 35.2. The summed E-state index contributed by atoms with van der Waals surface area (Å²) < 4.78 is 0. The number of hydrogen-bond donors (Lipinski definition) is 0. The average Bonchev–Trinajstić information content (AvgIpc) is 3.65. The van der Waals surface area contributed by atoms with Gasteiger partial charge in [-0.1, -0.05) is 185 Å². The molecular formula is C58H45N. The molecule has 0 aliphatic heterocycles. The van der Waals surface area contributed by atoms with Crippen LogP contribution in [0.5, 0.6) is 0 Å². The molecule has 1 nitrogen and oxygen atoms in total. The van der Waals surface area contributed by atoms with E-state index in [1.807, 2.05) is 0 Å². The van der Waals surface area contributed by atoms with Crippen LogP contribution < -0.4 is 4.90 Å². The van der Waals surface area contributed by atoms with Crippen molar-refractivity contribution in [1.29, 1.82) is 0 Å². The lowest BCUT2D eigenvalue weighted by Crippen LogP contribution is -2.16. The second-order valence-corrected chi connectivity index (χ2v) is 17.3. The third-order valence-corrected chi connectivity index (χ3v) is 13.3. The summed E-state index contributed by atoms with van der Waals surface area (Å²) in [6.45, 7) is 9.44. The number of rotatable bonds is 6. The van der Waals surface area contributed by atoms with Crippen molar-refractivity contribution in [3.63, 3.8) is 0 Å². The molecule has 0 saturated heterocycles. The molecule has 0 heterocycles. The Morgan fingerprint density at radius 2 is 0.797 bits per heavy atom. The smallest absolute Gasteiger partial charge is 0.0540 e. The molecule has 0 spiro atoms. The molecule has 2 aliphatic carbocycles. The average molecular weight is 756 g/mol. The van der Waals surface area contributed by atoms with Crippen LogP contribution in [-0.4, -0.2) is 0 Å². The first-order valence-corrected chi connectivity index (χ1v) is 20.8. The minimum Gasteiger partial charge on any atom is -0.310 e. The molecule has 0 radical (unpaired) electrons. The molecule has 0 saturated carbocycles. The van der Waals surface area contributed by atoms with Gasteiger partial charge in [0.25, 0.3) is 0 Å². The van der Waals surface area contributed by atoms with Crippen LogP contribution in [0.4, 0.5) is 17.1 Å². The van der Waals surface area contributed by atoms with Gasteiger partial charge in [0.1, 0.15) is 0 Å². The number of nitrogens with zero attached hydrogens (tertiary/aromatic N) is 1. The Kier molecular flexibility index (Phi) is 7.94. The third-order valence-electron chi connectivity index (χ3n) is 13.3. The zero-order chi connectivity index (χ0) is 39.9. The van der Waals surface area contributed by atoms with E-state index in [0.717, 1.165) is 17.1 Å². The normalized spacial score (nSPS) is 14.0. The highest BCUT2D eigenvalue weighted by Gasteiger charge is 2.37. The molecule has 0 atom stereocenters. The maximum absolute atomic E-state index is 2.46. The molecule has 0 bridgehead atoms. The number of benzene rings is 9. The van der Waals surface area contributed by atoms with Crippen LogP contribution in [0.15, 0.2) is 200 Å². The molecule has 0 amide bonds. The van der Waals surface area contributed by atoms with Gasteiger partial charge < -0.3 is 4.90 Å². The van der Waals surface area contributed by atoms with E-state index < -0.39 is 0 Å². The molecule has 0 fully saturated rings. The quantitative estimate of drug-likeness (QED) is 0.163. The zero-order valence-electron chi connectivity index (χ0n) is 34.0. The zero-order valence-corrected chi connectivity index (χ0v) is 34.0. The monoisotopic (exact) mass is 755 g/mol. The Balaban J connectivity index is 1.05. The molecule has 0 unspecified atom stereocenters. The van der Waals surface area contributed by atoms with Gasteiger partial charge in [0.05, 0.1) is 5.69 Å². The van der Waals surface area contributed by atoms with Gasteiger partial charge in [-0.25, -0.2) is 0 Å². The van der Waals surface area contributed by atoms with Crippen molar-refractivity contribution in [3.05, 3.63) is 222 Å². The van der Waals surface area contributed by atoms with Crippen molar-refractivity contribution in [2.24, 2.45) is 0 Å². The number of anilines is 3. The topological polar surface area (TPSA) is 3.24 Å². The van der Waals surface area contributed by atoms with Crippen LogP contribution in [0.25, 0.3) is 66.4 Å². The summed E-state index contributed by atoms with van der Waals surface area (Å²) in [6, 6.07) is 74.3. The van der Waals surface area contributed by atoms with Gasteiger partial charge in [-0.2, -0.15) is 0 Å². The van der Waals surface area contributed by atoms with E-state index in [1.54, 1.807) is 0 Å². The van der Waals surface area contributed by atoms with E-state index in [0.29, 0.717) is 0 Å². The molecule has 9 aromatic carbocycles. The predicted molar refractivity (Wildman–Crippen MR) is 250 cm³/mol. The van der Waals surface area contributed by atoms with E-state index in [1.165, 1.54) is 88.7 Å². The van der Waals surface area contributed by atoms with Crippen molar-refractivity contribution in [2.75, 3.05) is 4.90 Å². The van der Waals surface area contributed by atoms with Gasteiger partial charge in [0.2, 0.25) is 0 Å². The van der Waals surface area contributed by atoms with Crippen molar-refractivity contribution in [3.8, 4) is 55.6 Å². The molecule has 0 aromatic heterocycles. The van der Waals surface area contributed by atoms with Crippen molar-refractivity contribution >= 4 is 27.8 Å². The summed E-state index contributed by atoms with van der Waals surface area (Å²) in [5, 5.41) is 2.51. The van der Waals surface area contributed by atoms with E-state index in [9.17, 15) is 0 Å². The molecular weight excluding hydrogens is 711 g/mol.